The van der Waals surface area contributed by atoms with Crippen LogP contribution in [0.3, 0.4) is 0 Å². The molecule has 25 heavy (non-hydrogen) atoms. The highest BCUT2D eigenvalue weighted by Gasteiger charge is 2.21. The van der Waals surface area contributed by atoms with E-state index in [9.17, 15) is 17.6 Å². The molecule has 2 N–H and O–H groups in total. The van der Waals surface area contributed by atoms with Crippen LogP contribution in [0.1, 0.15) is 0 Å². The number of anilines is 1. The van der Waals surface area contributed by atoms with E-state index in [0.29, 0.717) is 11.5 Å². The lowest BCUT2D eigenvalue weighted by atomic mass is 10.3. The molecular formula is C15H12ClFN2O5S. The van der Waals surface area contributed by atoms with E-state index in [4.69, 9.17) is 21.1 Å². The largest absolute Gasteiger partial charge is 0.454 e. The molecule has 0 saturated heterocycles. The summed E-state index contributed by atoms with van der Waals surface area (Å²) in [5.41, 5.74) is 0.249. The molecule has 1 heterocycles. The molecular weight excluding hydrogens is 375 g/mol. The van der Waals surface area contributed by atoms with Gasteiger partial charge in [-0.25, -0.2) is 17.5 Å². The number of hydrogen-bond donors (Lipinski definition) is 2. The molecule has 0 unspecified atom stereocenters. The Bertz CT molecular complexity index is 936. The summed E-state index contributed by atoms with van der Waals surface area (Å²) in [5, 5.41) is 2.26. The number of fused-ring (bicyclic) bond motifs is 1. The molecule has 0 saturated carbocycles. The number of ether oxygens (including phenoxy) is 2. The first-order valence-electron chi connectivity index (χ1n) is 6.99. The molecule has 1 aliphatic rings. The average molecular weight is 387 g/mol. The molecule has 0 aromatic heterocycles. The molecule has 0 radical (unpaired) electrons. The minimum absolute atomic E-state index is 0.0227. The molecule has 0 atom stereocenters. The van der Waals surface area contributed by atoms with E-state index in [2.05, 4.69) is 10.0 Å². The number of benzene rings is 2. The second kappa shape index (κ2) is 6.87. The molecule has 0 bridgehead atoms. The standard InChI is InChI=1S/C15H12ClFN2O5S/c16-11-5-9(1-3-12(11)17)19-15(20)7-18-25(21,22)10-2-4-13-14(6-10)24-8-23-13/h1-6,18H,7-8H2,(H,19,20). The van der Waals surface area contributed by atoms with Gasteiger partial charge in [-0.05, 0) is 30.3 Å². The lowest BCUT2D eigenvalue weighted by Gasteiger charge is -2.09. The topological polar surface area (TPSA) is 93.7 Å². The van der Waals surface area contributed by atoms with E-state index in [1.165, 1.54) is 30.3 Å². The van der Waals surface area contributed by atoms with Crippen molar-refractivity contribution >= 4 is 33.2 Å². The molecule has 1 aliphatic heterocycles. The van der Waals surface area contributed by atoms with Gasteiger partial charge in [0.2, 0.25) is 22.7 Å². The van der Waals surface area contributed by atoms with E-state index in [0.717, 1.165) is 6.07 Å². The summed E-state index contributed by atoms with van der Waals surface area (Å²) in [6.45, 7) is -0.485. The number of carbonyl (C=O) groups is 1. The number of nitrogens with one attached hydrogen (secondary N) is 2. The zero-order chi connectivity index (χ0) is 18.0. The number of halogens is 2. The van der Waals surface area contributed by atoms with Crippen LogP contribution in [0.5, 0.6) is 11.5 Å². The molecule has 10 heteroatoms. The number of rotatable bonds is 5. The Morgan fingerprint density at radius 3 is 2.68 bits per heavy atom. The third-order valence-corrected chi connectivity index (χ3v) is 4.97. The molecule has 132 valence electrons. The second-order valence-corrected chi connectivity index (χ2v) is 7.19. The lowest BCUT2D eigenvalue weighted by Crippen LogP contribution is -2.32. The maximum absolute atomic E-state index is 13.1. The van der Waals surface area contributed by atoms with E-state index < -0.39 is 28.3 Å². The van der Waals surface area contributed by atoms with Crippen molar-refractivity contribution in [3.63, 3.8) is 0 Å². The quantitative estimate of drug-likeness (QED) is 0.821. The van der Waals surface area contributed by atoms with Gasteiger partial charge < -0.3 is 14.8 Å². The van der Waals surface area contributed by atoms with Gasteiger partial charge in [-0.2, -0.15) is 0 Å². The Labute approximate surface area is 147 Å². The highest BCUT2D eigenvalue weighted by molar-refractivity contribution is 7.89. The van der Waals surface area contributed by atoms with Crippen LogP contribution in [-0.4, -0.2) is 27.7 Å². The first kappa shape index (κ1) is 17.5. The van der Waals surface area contributed by atoms with Crippen molar-refractivity contribution in [3.05, 3.63) is 47.2 Å². The predicted octanol–water partition coefficient (Wildman–Crippen LogP) is 2.12. The van der Waals surface area contributed by atoms with Crippen molar-refractivity contribution in [2.75, 3.05) is 18.7 Å². The Balaban J connectivity index is 1.63. The normalized spacial score (nSPS) is 12.9. The fourth-order valence-electron chi connectivity index (χ4n) is 2.07. The second-order valence-electron chi connectivity index (χ2n) is 5.02. The Morgan fingerprint density at radius 2 is 1.92 bits per heavy atom. The van der Waals surface area contributed by atoms with Crippen LogP contribution < -0.4 is 19.5 Å². The summed E-state index contributed by atoms with van der Waals surface area (Å²) >= 11 is 5.61. The number of hydrogen-bond acceptors (Lipinski definition) is 5. The first-order valence-corrected chi connectivity index (χ1v) is 8.85. The Morgan fingerprint density at radius 1 is 1.16 bits per heavy atom. The summed E-state index contributed by atoms with van der Waals surface area (Å²) in [4.78, 5) is 11.8. The van der Waals surface area contributed by atoms with Gasteiger partial charge in [0, 0.05) is 11.8 Å². The average Bonchev–Trinajstić information content (AvgIpc) is 3.04. The highest BCUT2D eigenvalue weighted by atomic mass is 35.5. The van der Waals surface area contributed by atoms with Crippen molar-refractivity contribution in [2.45, 2.75) is 4.90 Å². The molecule has 3 rings (SSSR count). The van der Waals surface area contributed by atoms with Gasteiger partial charge in [0.05, 0.1) is 16.5 Å². The highest BCUT2D eigenvalue weighted by Crippen LogP contribution is 2.33. The van der Waals surface area contributed by atoms with Crippen LogP contribution in [0.25, 0.3) is 0 Å². The molecule has 2 aromatic rings. The summed E-state index contributed by atoms with van der Waals surface area (Å²) in [7, 11) is -3.92. The maximum Gasteiger partial charge on any atom is 0.241 e. The van der Waals surface area contributed by atoms with Gasteiger partial charge in [0.15, 0.2) is 11.5 Å². The van der Waals surface area contributed by atoms with Crippen LogP contribution in [-0.2, 0) is 14.8 Å². The smallest absolute Gasteiger partial charge is 0.241 e. The van der Waals surface area contributed by atoms with E-state index >= 15 is 0 Å². The van der Waals surface area contributed by atoms with Crippen LogP contribution >= 0.6 is 11.6 Å². The Hall–Kier alpha value is -2.36. The van der Waals surface area contributed by atoms with Crippen LogP contribution in [0.4, 0.5) is 10.1 Å². The van der Waals surface area contributed by atoms with Gasteiger partial charge in [-0.1, -0.05) is 11.6 Å². The number of amides is 1. The number of carbonyl (C=O) groups excluding carboxylic acids is 1. The molecule has 0 fully saturated rings. The maximum atomic E-state index is 13.1. The third kappa shape index (κ3) is 4.01. The summed E-state index contributed by atoms with van der Waals surface area (Å²) in [6.07, 6.45) is 0. The number of sulfonamides is 1. The predicted molar refractivity (Wildman–Crippen MR) is 87.8 cm³/mol. The molecule has 1 amide bonds. The van der Waals surface area contributed by atoms with Crippen molar-refractivity contribution in [1.82, 2.24) is 4.72 Å². The van der Waals surface area contributed by atoms with E-state index in [-0.39, 0.29) is 22.4 Å². The fraction of sp³-hybridized carbons (Fsp3) is 0.133. The summed E-state index contributed by atoms with van der Waals surface area (Å²) in [6, 6.07) is 7.74. The third-order valence-electron chi connectivity index (χ3n) is 3.28. The summed E-state index contributed by atoms with van der Waals surface area (Å²) < 4.78 is 49.9. The van der Waals surface area contributed by atoms with Crippen molar-refractivity contribution in [2.24, 2.45) is 0 Å². The summed E-state index contributed by atoms with van der Waals surface area (Å²) in [5.74, 6) is -0.492. The van der Waals surface area contributed by atoms with Crippen LogP contribution in [0.2, 0.25) is 5.02 Å². The van der Waals surface area contributed by atoms with E-state index in [1.54, 1.807) is 0 Å². The molecule has 2 aromatic carbocycles. The Kier molecular flexibility index (Phi) is 4.80. The first-order chi connectivity index (χ1) is 11.8. The minimum atomic E-state index is -3.92. The lowest BCUT2D eigenvalue weighted by molar-refractivity contribution is -0.115. The van der Waals surface area contributed by atoms with Gasteiger partial charge in [-0.15, -0.1) is 0 Å². The fourth-order valence-corrected chi connectivity index (χ4v) is 3.24. The van der Waals surface area contributed by atoms with Crippen LogP contribution in [0, 0.1) is 5.82 Å². The minimum Gasteiger partial charge on any atom is -0.454 e. The van der Waals surface area contributed by atoms with Crippen molar-refractivity contribution in [3.8, 4) is 11.5 Å². The zero-order valence-corrected chi connectivity index (χ0v) is 14.2. The monoisotopic (exact) mass is 386 g/mol. The SMILES string of the molecule is O=C(CNS(=O)(=O)c1ccc2c(c1)OCO2)Nc1ccc(F)c(Cl)c1. The van der Waals surface area contributed by atoms with Gasteiger partial charge >= 0.3 is 0 Å². The van der Waals surface area contributed by atoms with Gasteiger partial charge in [0.1, 0.15) is 5.82 Å². The van der Waals surface area contributed by atoms with Gasteiger partial charge in [0.25, 0.3) is 0 Å². The van der Waals surface area contributed by atoms with Crippen molar-refractivity contribution in [1.29, 1.82) is 0 Å². The van der Waals surface area contributed by atoms with Crippen molar-refractivity contribution < 1.29 is 27.1 Å². The zero-order valence-electron chi connectivity index (χ0n) is 12.6. The van der Waals surface area contributed by atoms with Gasteiger partial charge in [-0.3, -0.25) is 4.79 Å². The van der Waals surface area contributed by atoms with E-state index in [1.807, 2.05) is 0 Å². The molecule has 0 aliphatic carbocycles. The van der Waals surface area contributed by atoms with Crippen LogP contribution in [0.15, 0.2) is 41.3 Å². The molecule has 0 spiro atoms. The molecule has 7 nitrogen and oxygen atoms in total.